The maximum Gasteiger partial charge on any atom is 0.135 e. The second-order valence-electron chi connectivity index (χ2n) is 5.12. The third-order valence-corrected chi connectivity index (χ3v) is 3.57. The summed E-state index contributed by atoms with van der Waals surface area (Å²) in [6.45, 7) is 5.35. The predicted octanol–water partition coefficient (Wildman–Crippen LogP) is 2.24. The molecule has 0 unspecified atom stereocenters. The van der Waals surface area contributed by atoms with Crippen molar-refractivity contribution in [1.82, 2.24) is 15.3 Å². The van der Waals surface area contributed by atoms with E-state index >= 15 is 0 Å². The molecule has 1 saturated carbocycles. The number of nitrogens with one attached hydrogen (secondary N) is 1. The minimum atomic E-state index is 0.208. The van der Waals surface area contributed by atoms with Crippen LogP contribution in [0.1, 0.15) is 50.5 Å². The van der Waals surface area contributed by atoms with Crippen LogP contribution in [0.2, 0.25) is 0 Å². The first kappa shape index (κ1) is 11.5. The molecular formula is C13H21N3. The summed E-state index contributed by atoms with van der Waals surface area (Å²) >= 11 is 0. The predicted molar refractivity (Wildman–Crippen MR) is 65.6 cm³/mol. The highest BCUT2D eigenvalue weighted by Crippen LogP contribution is 2.41. The molecule has 0 aromatic carbocycles. The lowest BCUT2D eigenvalue weighted by molar-refractivity contribution is 0.224. The van der Waals surface area contributed by atoms with Crippen molar-refractivity contribution in [3.05, 3.63) is 23.8 Å². The average Bonchev–Trinajstić information content (AvgIpc) is 2.23. The van der Waals surface area contributed by atoms with E-state index in [1.54, 1.807) is 0 Å². The number of rotatable bonds is 4. The Bertz CT molecular complexity index is 356. The Labute approximate surface area is 97.7 Å². The average molecular weight is 219 g/mol. The van der Waals surface area contributed by atoms with Crippen LogP contribution in [0.25, 0.3) is 0 Å². The van der Waals surface area contributed by atoms with Gasteiger partial charge in [-0.05, 0) is 31.9 Å². The van der Waals surface area contributed by atoms with E-state index in [2.05, 4.69) is 24.1 Å². The second-order valence-corrected chi connectivity index (χ2v) is 5.12. The first-order valence-corrected chi connectivity index (χ1v) is 6.16. The van der Waals surface area contributed by atoms with E-state index in [4.69, 9.17) is 4.98 Å². The van der Waals surface area contributed by atoms with Gasteiger partial charge in [-0.3, -0.25) is 0 Å². The largest absolute Gasteiger partial charge is 0.319 e. The quantitative estimate of drug-likeness (QED) is 0.844. The van der Waals surface area contributed by atoms with Crippen LogP contribution in [-0.4, -0.2) is 23.6 Å². The van der Waals surface area contributed by atoms with E-state index in [-0.39, 0.29) is 5.41 Å². The molecule has 3 nitrogen and oxygen atoms in total. The van der Waals surface area contributed by atoms with Gasteiger partial charge in [0.25, 0.3) is 0 Å². The molecule has 0 aliphatic heterocycles. The van der Waals surface area contributed by atoms with Gasteiger partial charge < -0.3 is 5.32 Å². The molecule has 0 radical (unpaired) electrons. The van der Waals surface area contributed by atoms with Crippen LogP contribution in [0.4, 0.5) is 0 Å². The van der Waals surface area contributed by atoms with Crippen LogP contribution in [0, 0.1) is 0 Å². The highest BCUT2D eigenvalue weighted by molar-refractivity contribution is 5.17. The van der Waals surface area contributed by atoms with Gasteiger partial charge in [0.1, 0.15) is 5.82 Å². The molecule has 1 aliphatic rings. The zero-order chi connectivity index (χ0) is 11.6. The molecule has 1 N–H and O–H groups in total. The lowest BCUT2D eigenvalue weighted by Crippen LogP contribution is -2.44. The third kappa shape index (κ3) is 1.96. The van der Waals surface area contributed by atoms with Gasteiger partial charge in [0, 0.05) is 23.9 Å². The number of hydrogen-bond donors (Lipinski definition) is 1. The van der Waals surface area contributed by atoms with Crippen LogP contribution < -0.4 is 5.32 Å². The topological polar surface area (TPSA) is 37.8 Å². The van der Waals surface area contributed by atoms with Crippen LogP contribution >= 0.6 is 0 Å². The number of likely N-dealkylation sites (N-methyl/N-ethyl adjacent to an activating group) is 1. The fourth-order valence-electron chi connectivity index (χ4n) is 2.37. The molecule has 0 spiro atoms. The number of hydrogen-bond acceptors (Lipinski definition) is 3. The summed E-state index contributed by atoms with van der Waals surface area (Å²) in [7, 11) is 2.01. The fraction of sp³-hybridized carbons (Fsp3) is 0.692. The van der Waals surface area contributed by atoms with E-state index in [1.165, 1.54) is 19.3 Å². The molecule has 0 amide bonds. The van der Waals surface area contributed by atoms with Crippen molar-refractivity contribution in [2.24, 2.45) is 0 Å². The summed E-state index contributed by atoms with van der Waals surface area (Å²) in [5.41, 5.74) is 1.37. The van der Waals surface area contributed by atoms with Crippen molar-refractivity contribution < 1.29 is 0 Å². The normalized spacial score (nSPS) is 18.5. The molecule has 1 fully saturated rings. The first-order valence-electron chi connectivity index (χ1n) is 6.16. The first-order chi connectivity index (χ1) is 7.68. The van der Waals surface area contributed by atoms with Crippen LogP contribution in [0.3, 0.4) is 0 Å². The molecule has 3 heteroatoms. The van der Waals surface area contributed by atoms with Crippen LogP contribution in [0.5, 0.6) is 0 Å². The highest BCUT2D eigenvalue weighted by atomic mass is 14.9. The molecule has 0 saturated heterocycles. The Morgan fingerprint density at radius 3 is 2.69 bits per heavy atom. The molecular weight excluding hydrogens is 198 g/mol. The lowest BCUT2D eigenvalue weighted by Gasteiger charge is -2.40. The van der Waals surface area contributed by atoms with Gasteiger partial charge in [-0.25, -0.2) is 9.97 Å². The van der Waals surface area contributed by atoms with Crippen molar-refractivity contribution in [2.45, 2.75) is 44.4 Å². The third-order valence-electron chi connectivity index (χ3n) is 3.57. The maximum atomic E-state index is 4.73. The minimum absolute atomic E-state index is 0.208. The van der Waals surface area contributed by atoms with Crippen molar-refractivity contribution in [3.63, 3.8) is 0 Å². The molecule has 16 heavy (non-hydrogen) atoms. The Morgan fingerprint density at radius 2 is 2.19 bits per heavy atom. The number of aromatic nitrogens is 2. The smallest absolute Gasteiger partial charge is 0.135 e. The summed E-state index contributed by atoms with van der Waals surface area (Å²) < 4.78 is 0. The number of nitrogens with zero attached hydrogens (tertiary/aromatic N) is 2. The molecule has 0 bridgehead atoms. The monoisotopic (exact) mass is 219 g/mol. The standard InChI is InChI=1S/C13H21N3/c1-10(2)11-5-8-15-12(16-11)13(9-14-3)6-4-7-13/h5,8,10,14H,4,6-7,9H2,1-3H3. The highest BCUT2D eigenvalue weighted by Gasteiger charge is 2.40. The van der Waals surface area contributed by atoms with Gasteiger partial charge >= 0.3 is 0 Å². The van der Waals surface area contributed by atoms with E-state index in [0.717, 1.165) is 18.1 Å². The molecule has 88 valence electrons. The Morgan fingerprint density at radius 1 is 1.44 bits per heavy atom. The van der Waals surface area contributed by atoms with Gasteiger partial charge in [0.15, 0.2) is 0 Å². The zero-order valence-electron chi connectivity index (χ0n) is 10.5. The Balaban J connectivity index is 2.28. The van der Waals surface area contributed by atoms with Gasteiger partial charge in [0.05, 0.1) is 0 Å². The van der Waals surface area contributed by atoms with Crippen LogP contribution in [-0.2, 0) is 5.41 Å². The summed E-state index contributed by atoms with van der Waals surface area (Å²) in [6, 6.07) is 2.03. The molecule has 1 aromatic heterocycles. The molecule has 0 atom stereocenters. The summed E-state index contributed by atoms with van der Waals surface area (Å²) in [4.78, 5) is 9.22. The van der Waals surface area contributed by atoms with Gasteiger partial charge in [-0.1, -0.05) is 20.3 Å². The Hall–Kier alpha value is -0.960. The maximum absolute atomic E-state index is 4.73. The van der Waals surface area contributed by atoms with Crippen molar-refractivity contribution >= 4 is 0 Å². The minimum Gasteiger partial charge on any atom is -0.319 e. The molecule has 1 heterocycles. The van der Waals surface area contributed by atoms with Crippen molar-refractivity contribution in [3.8, 4) is 0 Å². The van der Waals surface area contributed by atoms with Gasteiger partial charge in [0.2, 0.25) is 0 Å². The summed E-state index contributed by atoms with van der Waals surface area (Å²) in [5, 5.41) is 3.28. The van der Waals surface area contributed by atoms with Crippen molar-refractivity contribution in [1.29, 1.82) is 0 Å². The second kappa shape index (κ2) is 4.50. The van der Waals surface area contributed by atoms with Crippen molar-refractivity contribution in [2.75, 3.05) is 13.6 Å². The Kier molecular flexibility index (Phi) is 3.24. The van der Waals surface area contributed by atoms with Gasteiger partial charge in [-0.2, -0.15) is 0 Å². The summed E-state index contributed by atoms with van der Waals surface area (Å²) in [6.07, 6.45) is 5.65. The molecule has 1 aliphatic carbocycles. The summed E-state index contributed by atoms with van der Waals surface area (Å²) in [5.74, 6) is 1.52. The van der Waals surface area contributed by atoms with E-state index in [0.29, 0.717) is 5.92 Å². The van der Waals surface area contributed by atoms with Crippen LogP contribution in [0.15, 0.2) is 12.3 Å². The fourth-order valence-corrected chi connectivity index (χ4v) is 2.37. The SMILES string of the molecule is CNCC1(c2nccc(C(C)C)n2)CCC1. The van der Waals surface area contributed by atoms with E-state index < -0.39 is 0 Å². The molecule has 1 aromatic rings. The van der Waals surface area contributed by atoms with E-state index in [1.807, 2.05) is 19.3 Å². The molecule has 2 rings (SSSR count). The van der Waals surface area contributed by atoms with Gasteiger partial charge in [-0.15, -0.1) is 0 Å². The van der Waals surface area contributed by atoms with E-state index in [9.17, 15) is 0 Å². The zero-order valence-corrected chi connectivity index (χ0v) is 10.5. The lowest BCUT2D eigenvalue weighted by atomic mass is 9.68.